The summed E-state index contributed by atoms with van der Waals surface area (Å²) >= 11 is 0. The smallest absolute Gasteiger partial charge is 0.362 e. The average molecular weight is 871 g/mol. The normalized spacial score (nSPS) is 13.4. The minimum absolute atomic E-state index is 0.0565. The van der Waals surface area contributed by atoms with Gasteiger partial charge in [0.1, 0.15) is 6.61 Å². The number of likely N-dealkylation sites (N-methyl/N-ethyl adjacent to an activating group) is 1. The summed E-state index contributed by atoms with van der Waals surface area (Å²) in [5.74, 6) is -1.48. The summed E-state index contributed by atoms with van der Waals surface area (Å²) in [7, 11) is 5.53. The lowest BCUT2D eigenvalue weighted by molar-refractivity contribution is -0.887. The minimum Gasteiger partial charge on any atom is -0.477 e. The highest BCUT2D eigenvalue weighted by molar-refractivity contribution is 5.72. The Balaban J connectivity index is 4.26. The molecule has 8 heteroatoms. The van der Waals surface area contributed by atoms with Crippen LogP contribution in [0.1, 0.15) is 213 Å². The van der Waals surface area contributed by atoms with Gasteiger partial charge in [-0.3, -0.25) is 9.59 Å². The molecular weight excluding hydrogens is 775 g/mol. The molecule has 0 aromatic heterocycles. The maximum Gasteiger partial charge on any atom is 0.362 e. The maximum absolute atomic E-state index is 12.8. The Morgan fingerprint density at radius 1 is 0.500 bits per heavy atom. The first-order valence-electron chi connectivity index (χ1n) is 25.3. The van der Waals surface area contributed by atoms with Crippen LogP contribution in [0.2, 0.25) is 0 Å². The molecule has 0 rings (SSSR count). The summed E-state index contributed by atoms with van der Waals surface area (Å²) in [6.07, 6.45) is 55.5. The second kappa shape index (κ2) is 44.6. The summed E-state index contributed by atoms with van der Waals surface area (Å²) in [5, 5.41) is 9.65. The number of carbonyl (C=O) groups excluding carboxylic acids is 2. The van der Waals surface area contributed by atoms with Crippen LogP contribution in [0.4, 0.5) is 0 Å². The van der Waals surface area contributed by atoms with Crippen LogP contribution in [-0.2, 0) is 28.6 Å². The molecule has 0 saturated heterocycles. The molecule has 0 amide bonds. The number of unbranched alkanes of at least 4 members (excludes halogenated alkanes) is 21. The summed E-state index contributed by atoms with van der Waals surface area (Å²) in [4.78, 5) is 37.2. The molecule has 0 aromatic carbocycles. The number of hydrogen-bond donors (Lipinski definition) is 1. The van der Waals surface area contributed by atoms with E-state index in [1.165, 1.54) is 109 Å². The molecule has 0 aliphatic heterocycles. The standard InChI is InChI=1S/C54H95NO7/c1-6-8-10-12-14-16-18-20-22-24-25-26-27-29-31-33-35-37-39-41-43-45-53(57)62-50(48-60-47-46-51(54(58)59)55(3,4)5)49-61-52(56)44-42-40-38-36-34-32-30-28-23-21-19-17-15-13-11-9-7-2/h8,10,14-17,20-23,50-51H,6-7,9,11-13,18-19,24-49H2,1-5H3/p+1/b10-8+,16-14+,17-15+,22-20+,23-21+. The van der Waals surface area contributed by atoms with Gasteiger partial charge in [0.25, 0.3) is 0 Å². The second-order valence-corrected chi connectivity index (χ2v) is 18.0. The lowest BCUT2D eigenvalue weighted by Crippen LogP contribution is -2.50. The molecule has 62 heavy (non-hydrogen) atoms. The summed E-state index contributed by atoms with van der Waals surface area (Å²) in [5.41, 5.74) is 0. The van der Waals surface area contributed by atoms with Crippen molar-refractivity contribution in [2.45, 2.75) is 225 Å². The third-order valence-corrected chi connectivity index (χ3v) is 11.2. The van der Waals surface area contributed by atoms with E-state index in [2.05, 4.69) is 74.6 Å². The summed E-state index contributed by atoms with van der Waals surface area (Å²) < 4.78 is 17.3. The zero-order valence-corrected chi connectivity index (χ0v) is 40.8. The number of rotatable bonds is 45. The van der Waals surface area contributed by atoms with Crippen molar-refractivity contribution in [3.8, 4) is 0 Å². The Bertz CT molecular complexity index is 1200. The van der Waals surface area contributed by atoms with Crippen molar-refractivity contribution in [1.29, 1.82) is 0 Å². The van der Waals surface area contributed by atoms with E-state index < -0.39 is 18.1 Å². The fourth-order valence-corrected chi connectivity index (χ4v) is 7.25. The number of nitrogens with zero attached hydrogens (tertiary/aromatic N) is 1. The van der Waals surface area contributed by atoms with Crippen molar-refractivity contribution in [3.05, 3.63) is 60.8 Å². The third kappa shape index (κ3) is 42.3. The number of carbonyl (C=O) groups is 3. The average Bonchev–Trinajstić information content (AvgIpc) is 3.23. The zero-order chi connectivity index (χ0) is 45.6. The first-order chi connectivity index (χ1) is 30.1. The predicted molar refractivity (Wildman–Crippen MR) is 261 cm³/mol. The molecule has 2 atom stereocenters. The van der Waals surface area contributed by atoms with Gasteiger partial charge in [-0.05, 0) is 77.0 Å². The molecular formula is C54H96NO7+. The Hall–Kier alpha value is -2.97. The van der Waals surface area contributed by atoms with Gasteiger partial charge in [-0.15, -0.1) is 0 Å². The lowest BCUT2D eigenvalue weighted by atomic mass is 10.0. The topological polar surface area (TPSA) is 99.1 Å². The van der Waals surface area contributed by atoms with Crippen LogP contribution in [-0.4, -0.2) is 80.6 Å². The van der Waals surface area contributed by atoms with Crippen LogP contribution in [0.3, 0.4) is 0 Å². The third-order valence-electron chi connectivity index (χ3n) is 11.2. The van der Waals surface area contributed by atoms with E-state index in [0.29, 0.717) is 19.3 Å². The van der Waals surface area contributed by atoms with Crippen molar-refractivity contribution in [1.82, 2.24) is 0 Å². The molecule has 0 spiro atoms. The minimum atomic E-state index is -0.877. The molecule has 0 aliphatic carbocycles. The highest BCUT2D eigenvalue weighted by Crippen LogP contribution is 2.15. The Kier molecular flexibility index (Phi) is 42.5. The Morgan fingerprint density at radius 2 is 0.903 bits per heavy atom. The molecule has 0 radical (unpaired) electrons. The monoisotopic (exact) mass is 871 g/mol. The van der Waals surface area contributed by atoms with E-state index in [9.17, 15) is 19.5 Å². The van der Waals surface area contributed by atoms with Gasteiger partial charge < -0.3 is 23.8 Å². The molecule has 358 valence electrons. The van der Waals surface area contributed by atoms with Crippen molar-refractivity contribution < 1.29 is 38.2 Å². The largest absolute Gasteiger partial charge is 0.477 e. The van der Waals surface area contributed by atoms with Crippen LogP contribution < -0.4 is 0 Å². The van der Waals surface area contributed by atoms with E-state index in [-0.39, 0.29) is 36.2 Å². The van der Waals surface area contributed by atoms with E-state index in [4.69, 9.17) is 14.2 Å². The van der Waals surface area contributed by atoms with Crippen molar-refractivity contribution in [2.75, 3.05) is 41.0 Å². The van der Waals surface area contributed by atoms with Crippen molar-refractivity contribution >= 4 is 17.9 Å². The molecule has 1 N–H and O–H groups in total. The van der Waals surface area contributed by atoms with Gasteiger partial charge in [0, 0.05) is 19.3 Å². The lowest BCUT2D eigenvalue weighted by Gasteiger charge is -2.31. The highest BCUT2D eigenvalue weighted by atomic mass is 16.6. The number of quaternary nitrogens is 1. The van der Waals surface area contributed by atoms with Crippen LogP contribution in [0, 0.1) is 0 Å². The van der Waals surface area contributed by atoms with Crippen LogP contribution in [0.5, 0.6) is 0 Å². The van der Waals surface area contributed by atoms with Gasteiger partial charge >= 0.3 is 17.9 Å². The van der Waals surface area contributed by atoms with Gasteiger partial charge in [0.15, 0.2) is 12.1 Å². The quantitative estimate of drug-likeness (QED) is 0.0282. The van der Waals surface area contributed by atoms with Crippen LogP contribution in [0.25, 0.3) is 0 Å². The van der Waals surface area contributed by atoms with E-state index >= 15 is 0 Å². The first kappa shape index (κ1) is 59.0. The van der Waals surface area contributed by atoms with Gasteiger partial charge in [0.05, 0.1) is 34.4 Å². The number of ether oxygens (including phenoxy) is 3. The fraction of sp³-hybridized carbons (Fsp3) is 0.759. The van der Waals surface area contributed by atoms with E-state index in [1.807, 2.05) is 21.1 Å². The first-order valence-corrected chi connectivity index (χ1v) is 25.3. The van der Waals surface area contributed by atoms with E-state index in [0.717, 1.165) is 70.6 Å². The number of aliphatic carboxylic acids is 1. The number of hydrogen-bond acceptors (Lipinski definition) is 6. The maximum atomic E-state index is 12.8. The van der Waals surface area contributed by atoms with Crippen molar-refractivity contribution in [3.63, 3.8) is 0 Å². The number of allylic oxidation sites excluding steroid dienone is 10. The molecule has 0 aromatic rings. The predicted octanol–water partition coefficient (Wildman–Crippen LogP) is 14.5. The van der Waals surface area contributed by atoms with Gasteiger partial charge in [-0.1, -0.05) is 177 Å². The van der Waals surface area contributed by atoms with Gasteiger partial charge in [-0.2, -0.15) is 0 Å². The Morgan fingerprint density at radius 3 is 1.34 bits per heavy atom. The fourth-order valence-electron chi connectivity index (χ4n) is 7.25. The van der Waals surface area contributed by atoms with Gasteiger partial charge in [-0.25, -0.2) is 4.79 Å². The van der Waals surface area contributed by atoms with E-state index in [1.54, 1.807) is 0 Å². The zero-order valence-electron chi connectivity index (χ0n) is 40.8. The molecule has 8 nitrogen and oxygen atoms in total. The van der Waals surface area contributed by atoms with Crippen LogP contribution >= 0.6 is 0 Å². The Labute approximate surface area is 381 Å². The van der Waals surface area contributed by atoms with Crippen molar-refractivity contribution in [2.24, 2.45) is 0 Å². The molecule has 0 saturated carbocycles. The van der Waals surface area contributed by atoms with Gasteiger partial charge in [0.2, 0.25) is 0 Å². The molecule has 0 bridgehead atoms. The number of carboxylic acids is 1. The number of carboxylic acid groups (broad SMARTS) is 1. The highest BCUT2D eigenvalue weighted by Gasteiger charge is 2.31. The summed E-state index contributed by atoms with van der Waals surface area (Å²) in [6, 6.07) is -0.618. The molecule has 0 heterocycles. The number of esters is 2. The molecule has 2 unspecified atom stereocenters. The molecule has 0 aliphatic rings. The second-order valence-electron chi connectivity index (χ2n) is 18.0. The van der Waals surface area contributed by atoms with Crippen LogP contribution in [0.15, 0.2) is 60.8 Å². The summed E-state index contributed by atoms with van der Waals surface area (Å²) in [6.45, 7) is 4.61. The SMILES string of the molecule is CC/C=C/C/C=C/C/C=C/CCCCCCCCCCCCCC(=O)OC(COCCC(C(=O)O)[N+](C)(C)C)COC(=O)CCCCCCCCC/C=C/C/C=C/CCCCC. The molecule has 0 fully saturated rings.